The number of nitrogens with zero attached hydrogens (tertiary/aromatic N) is 5. The molecule has 0 bridgehead atoms. The van der Waals surface area contributed by atoms with E-state index in [1.54, 1.807) is 37.2 Å². The Morgan fingerprint density at radius 3 is 2.15 bits per heavy atom. The van der Waals surface area contributed by atoms with Crippen LogP contribution in [0.1, 0.15) is 11.4 Å². The van der Waals surface area contributed by atoms with Gasteiger partial charge in [0.1, 0.15) is 6.07 Å². The molecule has 2 N–H and O–H groups in total. The van der Waals surface area contributed by atoms with Gasteiger partial charge in [0.15, 0.2) is 17.3 Å². The minimum absolute atomic E-state index is 0.0322. The number of nitriles is 1. The molecular formula is C17H20N6O3. The molecule has 0 spiro atoms. The van der Waals surface area contributed by atoms with Gasteiger partial charge in [-0.15, -0.1) is 0 Å². The van der Waals surface area contributed by atoms with Crippen LogP contribution >= 0.6 is 0 Å². The summed E-state index contributed by atoms with van der Waals surface area (Å²) in [5, 5.41) is 9.55. The monoisotopic (exact) mass is 356 g/mol. The molecule has 0 atom stereocenters. The second kappa shape index (κ2) is 8.02. The highest BCUT2D eigenvalue weighted by Gasteiger charge is 2.15. The van der Waals surface area contributed by atoms with Gasteiger partial charge in [-0.2, -0.15) is 20.2 Å². The van der Waals surface area contributed by atoms with E-state index in [0.29, 0.717) is 28.8 Å². The first-order valence-electron chi connectivity index (χ1n) is 7.54. The molecule has 1 aromatic carbocycles. The van der Waals surface area contributed by atoms with Crippen LogP contribution in [0.2, 0.25) is 0 Å². The van der Waals surface area contributed by atoms with Crippen molar-refractivity contribution in [2.75, 3.05) is 46.1 Å². The predicted octanol–water partition coefficient (Wildman–Crippen LogP) is 1.61. The molecule has 0 saturated heterocycles. The zero-order valence-electron chi connectivity index (χ0n) is 15.3. The third kappa shape index (κ3) is 3.92. The third-order valence-electron chi connectivity index (χ3n) is 3.40. The average Bonchev–Trinajstić information content (AvgIpc) is 2.64. The molecule has 9 nitrogen and oxygen atoms in total. The van der Waals surface area contributed by atoms with Gasteiger partial charge in [0.25, 0.3) is 0 Å². The quantitative estimate of drug-likeness (QED) is 0.770. The maximum absolute atomic E-state index is 9.55. The predicted molar refractivity (Wildman–Crippen MR) is 98.1 cm³/mol. The van der Waals surface area contributed by atoms with E-state index in [0.717, 1.165) is 0 Å². The van der Waals surface area contributed by atoms with Crippen molar-refractivity contribution < 1.29 is 14.2 Å². The Balaban J connectivity index is 2.58. The molecule has 9 heteroatoms. The zero-order chi connectivity index (χ0) is 19.3. The van der Waals surface area contributed by atoms with Crippen molar-refractivity contribution in [3.8, 4) is 23.3 Å². The Morgan fingerprint density at radius 1 is 1.08 bits per heavy atom. The summed E-state index contributed by atoms with van der Waals surface area (Å²) in [7, 11) is 8.10. The summed E-state index contributed by atoms with van der Waals surface area (Å²) in [5.74, 6) is 1.98. The third-order valence-corrected chi connectivity index (χ3v) is 3.40. The first-order valence-corrected chi connectivity index (χ1v) is 7.54. The highest BCUT2D eigenvalue weighted by Crippen LogP contribution is 2.39. The molecule has 2 rings (SSSR count). The second-order valence-electron chi connectivity index (χ2n) is 5.34. The van der Waals surface area contributed by atoms with Crippen LogP contribution in [0, 0.1) is 11.3 Å². The first kappa shape index (κ1) is 18.8. The van der Waals surface area contributed by atoms with E-state index in [1.807, 2.05) is 0 Å². The van der Waals surface area contributed by atoms with E-state index in [-0.39, 0.29) is 17.3 Å². The standard InChI is InChI=1S/C17H20N6O3/c1-23(2)17-21-15(20-16(19)22-17)11(9-18)6-10-7-12(24-3)14(26-5)13(8-10)25-4/h6-8H,1-5H3,(H2,19,20,21,22)/b11-6-. The van der Waals surface area contributed by atoms with Crippen LogP contribution in [-0.2, 0) is 0 Å². The summed E-state index contributed by atoms with van der Waals surface area (Å²) >= 11 is 0. The van der Waals surface area contributed by atoms with Crippen molar-refractivity contribution in [2.24, 2.45) is 0 Å². The number of benzene rings is 1. The fourth-order valence-electron chi connectivity index (χ4n) is 2.20. The van der Waals surface area contributed by atoms with E-state index in [1.165, 1.54) is 21.3 Å². The normalized spacial score (nSPS) is 10.8. The van der Waals surface area contributed by atoms with Crippen LogP contribution in [-0.4, -0.2) is 50.4 Å². The van der Waals surface area contributed by atoms with Crippen LogP contribution < -0.4 is 24.8 Å². The van der Waals surface area contributed by atoms with Crippen LogP contribution in [0.15, 0.2) is 12.1 Å². The van der Waals surface area contributed by atoms with Crippen LogP contribution in [0.5, 0.6) is 17.2 Å². The van der Waals surface area contributed by atoms with Crippen molar-refractivity contribution in [1.82, 2.24) is 15.0 Å². The zero-order valence-corrected chi connectivity index (χ0v) is 15.3. The number of hydrogen-bond acceptors (Lipinski definition) is 9. The van der Waals surface area contributed by atoms with E-state index in [4.69, 9.17) is 19.9 Å². The van der Waals surface area contributed by atoms with Crippen molar-refractivity contribution >= 4 is 23.5 Å². The van der Waals surface area contributed by atoms with Gasteiger partial charge in [-0.25, -0.2) is 0 Å². The van der Waals surface area contributed by atoms with Gasteiger partial charge < -0.3 is 24.8 Å². The second-order valence-corrected chi connectivity index (χ2v) is 5.34. The van der Waals surface area contributed by atoms with Crippen LogP contribution in [0.3, 0.4) is 0 Å². The molecule has 0 radical (unpaired) electrons. The number of nitrogen functional groups attached to an aromatic ring is 1. The van der Waals surface area contributed by atoms with Gasteiger partial charge in [-0.3, -0.25) is 0 Å². The largest absolute Gasteiger partial charge is 0.493 e. The molecule has 0 amide bonds. The summed E-state index contributed by atoms with van der Waals surface area (Å²) in [6.07, 6.45) is 1.61. The maximum Gasteiger partial charge on any atom is 0.230 e. The number of hydrogen-bond donors (Lipinski definition) is 1. The van der Waals surface area contributed by atoms with E-state index >= 15 is 0 Å². The lowest BCUT2D eigenvalue weighted by Gasteiger charge is -2.13. The molecule has 0 aliphatic rings. The summed E-state index contributed by atoms with van der Waals surface area (Å²) < 4.78 is 15.9. The number of methoxy groups -OCH3 is 3. The minimum Gasteiger partial charge on any atom is -0.493 e. The lowest BCUT2D eigenvalue weighted by atomic mass is 10.1. The Kier molecular flexibility index (Phi) is 5.80. The van der Waals surface area contributed by atoms with Gasteiger partial charge in [-0.1, -0.05) is 0 Å². The Bertz CT molecular complexity index is 848. The van der Waals surface area contributed by atoms with Crippen LogP contribution in [0.4, 0.5) is 11.9 Å². The molecule has 2 aromatic rings. The lowest BCUT2D eigenvalue weighted by Crippen LogP contribution is -2.15. The summed E-state index contributed by atoms with van der Waals surface area (Å²) in [5.41, 5.74) is 6.60. The molecule has 136 valence electrons. The highest BCUT2D eigenvalue weighted by molar-refractivity contribution is 5.88. The molecule has 0 aliphatic carbocycles. The molecule has 0 saturated carbocycles. The van der Waals surface area contributed by atoms with Gasteiger partial charge in [-0.05, 0) is 23.8 Å². The van der Waals surface area contributed by atoms with E-state index in [9.17, 15) is 5.26 Å². The SMILES string of the molecule is COc1cc(/C=C(/C#N)c2nc(N)nc(N(C)C)n2)cc(OC)c1OC. The first-order chi connectivity index (χ1) is 12.4. The van der Waals surface area contributed by atoms with Crippen molar-refractivity contribution in [2.45, 2.75) is 0 Å². The molecule has 0 aliphatic heterocycles. The maximum atomic E-state index is 9.55. The smallest absolute Gasteiger partial charge is 0.230 e. The number of aromatic nitrogens is 3. The fourth-order valence-corrected chi connectivity index (χ4v) is 2.20. The summed E-state index contributed by atoms with van der Waals surface area (Å²) in [6, 6.07) is 5.52. The number of nitrogens with two attached hydrogens (primary N) is 1. The Labute approximate surface area is 151 Å². The number of rotatable bonds is 6. The molecule has 26 heavy (non-hydrogen) atoms. The number of ether oxygens (including phenoxy) is 3. The van der Waals surface area contributed by atoms with Crippen LogP contribution in [0.25, 0.3) is 11.6 Å². The fraction of sp³-hybridized carbons (Fsp3) is 0.294. The van der Waals surface area contributed by atoms with Crippen molar-refractivity contribution in [3.05, 3.63) is 23.5 Å². The summed E-state index contributed by atoms with van der Waals surface area (Å²) in [6.45, 7) is 0. The molecule has 0 fully saturated rings. The van der Waals surface area contributed by atoms with Gasteiger partial charge in [0.2, 0.25) is 17.6 Å². The summed E-state index contributed by atoms with van der Waals surface area (Å²) in [4.78, 5) is 14.0. The highest BCUT2D eigenvalue weighted by atomic mass is 16.5. The Morgan fingerprint density at radius 2 is 1.69 bits per heavy atom. The van der Waals surface area contributed by atoms with Gasteiger partial charge in [0.05, 0.1) is 26.9 Å². The van der Waals surface area contributed by atoms with E-state index < -0.39 is 0 Å². The van der Waals surface area contributed by atoms with Crippen molar-refractivity contribution in [3.63, 3.8) is 0 Å². The molecule has 1 aromatic heterocycles. The number of anilines is 2. The molecular weight excluding hydrogens is 336 g/mol. The lowest BCUT2D eigenvalue weighted by molar-refractivity contribution is 0.324. The minimum atomic E-state index is 0.0322. The molecule has 1 heterocycles. The van der Waals surface area contributed by atoms with E-state index in [2.05, 4.69) is 21.0 Å². The van der Waals surface area contributed by atoms with Gasteiger partial charge >= 0.3 is 0 Å². The Hall–Kier alpha value is -3.54. The van der Waals surface area contributed by atoms with Crippen molar-refractivity contribution in [1.29, 1.82) is 5.26 Å². The van der Waals surface area contributed by atoms with Gasteiger partial charge in [0, 0.05) is 14.1 Å². The topological polar surface area (TPSA) is 119 Å². The molecule has 0 unspecified atom stereocenters. The average molecular weight is 356 g/mol. The number of allylic oxidation sites excluding steroid dienone is 1.